The molecule has 2 aromatic rings. The average molecular weight is 388 g/mol. The van der Waals surface area contributed by atoms with Crippen LogP contribution in [0.2, 0.25) is 5.02 Å². The molecule has 0 aromatic heterocycles. The highest BCUT2D eigenvalue weighted by molar-refractivity contribution is 6.31. The maximum atomic E-state index is 6.20. The van der Waals surface area contributed by atoms with Crippen LogP contribution in [0.4, 0.5) is 0 Å². The minimum absolute atomic E-state index is 0.459. The van der Waals surface area contributed by atoms with Crippen molar-refractivity contribution in [1.29, 1.82) is 0 Å². The number of nitrogens with zero attached hydrogens (tertiary/aromatic N) is 2. The van der Waals surface area contributed by atoms with E-state index in [1.54, 1.807) is 0 Å². The molecule has 1 saturated heterocycles. The van der Waals surface area contributed by atoms with E-state index < -0.39 is 0 Å². The molecular weight excluding hydrogens is 358 g/mol. The smallest absolute Gasteiger partial charge is 0.120 e. The minimum atomic E-state index is 0.459. The lowest BCUT2D eigenvalue weighted by Crippen LogP contribution is -2.48. The summed E-state index contributed by atoms with van der Waals surface area (Å²) in [6.07, 6.45) is 0. The third kappa shape index (κ3) is 6.51. The van der Waals surface area contributed by atoms with Gasteiger partial charge in [0.2, 0.25) is 0 Å². The molecule has 27 heavy (non-hydrogen) atoms. The molecule has 5 heteroatoms. The largest absolute Gasteiger partial charge is 0.489 e. The molecule has 4 nitrogen and oxygen atoms in total. The lowest BCUT2D eigenvalue weighted by molar-refractivity contribution is 0.144. The van der Waals surface area contributed by atoms with Crippen molar-refractivity contribution >= 4 is 11.6 Å². The fourth-order valence-electron chi connectivity index (χ4n) is 3.30. The number of likely N-dealkylation sites (N-methyl/N-ethyl adjacent to an activating group) is 1. The SMILES string of the molecule is CC(CN1CCN(C)CC1)NCc1cccc(OCc2ccccc2Cl)c1. The van der Waals surface area contributed by atoms with Crippen molar-refractivity contribution < 1.29 is 4.74 Å². The van der Waals surface area contributed by atoms with Gasteiger partial charge < -0.3 is 15.0 Å². The molecule has 1 fully saturated rings. The summed E-state index contributed by atoms with van der Waals surface area (Å²) in [6.45, 7) is 9.33. The summed E-state index contributed by atoms with van der Waals surface area (Å²) in [5, 5.41) is 4.38. The van der Waals surface area contributed by atoms with Gasteiger partial charge in [-0.2, -0.15) is 0 Å². The molecule has 0 bridgehead atoms. The van der Waals surface area contributed by atoms with E-state index in [0.29, 0.717) is 12.6 Å². The highest BCUT2D eigenvalue weighted by Crippen LogP contribution is 2.19. The van der Waals surface area contributed by atoms with Gasteiger partial charge in [0.15, 0.2) is 0 Å². The highest BCUT2D eigenvalue weighted by Gasteiger charge is 2.15. The summed E-state index contributed by atoms with van der Waals surface area (Å²) in [6, 6.07) is 16.5. The first kappa shape index (κ1) is 20.2. The van der Waals surface area contributed by atoms with Crippen molar-refractivity contribution in [2.45, 2.75) is 26.1 Å². The Hall–Kier alpha value is -1.59. The first-order valence-corrected chi connectivity index (χ1v) is 10.1. The maximum Gasteiger partial charge on any atom is 0.120 e. The van der Waals surface area contributed by atoms with Crippen LogP contribution in [0.1, 0.15) is 18.1 Å². The van der Waals surface area contributed by atoms with Gasteiger partial charge in [-0.1, -0.05) is 41.9 Å². The zero-order chi connectivity index (χ0) is 19.1. The zero-order valence-electron chi connectivity index (χ0n) is 16.3. The molecule has 1 unspecified atom stereocenters. The van der Waals surface area contributed by atoms with Crippen molar-refractivity contribution in [3.8, 4) is 5.75 Å². The Morgan fingerprint density at radius 3 is 2.63 bits per heavy atom. The van der Waals surface area contributed by atoms with E-state index in [9.17, 15) is 0 Å². The predicted octanol–water partition coefficient (Wildman–Crippen LogP) is 3.64. The monoisotopic (exact) mass is 387 g/mol. The van der Waals surface area contributed by atoms with Gasteiger partial charge in [-0.25, -0.2) is 0 Å². The summed E-state index contributed by atoms with van der Waals surface area (Å²) >= 11 is 6.20. The normalized spacial score (nSPS) is 17.0. The summed E-state index contributed by atoms with van der Waals surface area (Å²) in [5.74, 6) is 0.876. The van der Waals surface area contributed by atoms with E-state index in [4.69, 9.17) is 16.3 Å². The summed E-state index contributed by atoms with van der Waals surface area (Å²) in [4.78, 5) is 4.93. The van der Waals surface area contributed by atoms with Crippen molar-refractivity contribution in [2.75, 3.05) is 39.8 Å². The zero-order valence-corrected chi connectivity index (χ0v) is 17.1. The molecule has 1 aliphatic rings. The van der Waals surface area contributed by atoms with Gasteiger partial charge >= 0.3 is 0 Å². The molecule has 0 radical (unpaired) electrons. The van der Waals surface area contributed by atoms with E-state index >= 15 is 0 Å². The molecule has 0 amide bonds. The first-order chi connectivity index (χ1) is 13.1. The Kier molecular flexibility index (Phi) is 7.53. The highest BCUT2D eigenvalue weighted by atomic mass is 35.5. The Labute approximate surface area is 168 Å². The molecule has 0 saturated carbocycles. The van der Waals surface area contributed by atoms with Crippen LogP contribution in [0.25, 0.3) is 0 Å². The molecule has 1 atom stereocenters. The third-order valence-electron chi connectivity index (χ3n) is 5.03. The Morgan fingerprint density at radius 2 is 1.85 bits per heavy atom. The van der Waals surface area contributed by atoms with Crippen LogP contribution in [0, 0.1) is 0 Å². The van der Waals surface area contributed by atoms with E-state index in [1.807, 2.05) is 36.4 Å². The molecule has 0 aliphatic carbocycles. The van der Waals surface area contributed by atoms with E-state index in [0.717, 1.165) is 55.6 Å². The van der Waals surface area contributed by atoms with Crippen LogP contribution in [-0.2, 0) is 13.2 Å². The summed E-state index contributed by atoms with van der Waals surface area (Å²) in [7, 11) is 2.19. The van der Waals surface area contributed by atoms with Gasteiger partial charge in [0.1, 0.15) is 12.4 Å². The number of hydrogen-bond donors (Lipinski definition) is 1. The Balaban J connectivity index is 1.45. The molecule has 2 aromatic carbocycles. The quantitative estimate of drug-likeness (QED) is 0.748. The molecule has 3 rings (SSSR count). The van der Waals surface area contributed by atoms with E-state index in [1.165, 1.54) is 5.56 Å². The van der Waals surface area contributed by atoms with E-state index in [-0.39, 0.29) is 0 Å². The van der Waals surface area contributed by atoms with Crippen molar-refractivity contribution in [1.82, 2.24) is 15.1 Å². The van der Waals surface area contributed by atoms with Crippen LogP contribution in [-0.4, -0.2) is 55.6 Å². The summed E-state index contributed by atoms with van der Waals surface area (Å²) < 4.78 is 5.93. The molecule has 146 valence electrons. The number of benzene rings is 2. The average Bonchev–Trinajstić information content (AvgIpc) is 2.68. The van der Waals surface area contributed by atoms with Gasteiger partial charge in [0, 0.05) is 55.9 Å². The fourth-order valence-corrected chi connectivity index (χ4v) is 3.49. The fraction of sp³-hybridized carbons (Fsp3) is 0.455. The minimum Gasteiger partial charge on any atom is -0.489 e. The number of hydrogen-bond acceptors (Lipinski definition) is 4. The van der Waals surface area contributed by atoms with Gasteiger partial charge in [0.05, 0.1) is 0 Å². The first-order valence-electron chi connectivity index (χ1n) is 9.69. The van der Waals surface area contributed by atoms with Gasteiger partial charge in [0.25, 0.3) is 0 Å². The predicted molar refractivity (Wildman–Crippen MR) is 112 cm³/mol. The maximum absolute atomic E-state index is 6.20. The standard InChI is InChI=1S/C22H30ClN3O/c1-18(16-26-12-10-25(2)11-13-26)24-15-19-6-5-8-21(14-19)27-17-20-7-3-4-9-22(20)23/h3-9,14,18,24H,10-13,15-17H2,1-2H3. The number of nitrogens with one attached hydrogen (secondary N) is 1. The van der Waals surface area contributed by atoms with Crippen molar-refractivity contribution in [2.24, 2.45) is 0 Å². The molecule has 1 aliphatic heterocycles. The Bertz CT molecular complexity index is 716. The van der Waals surface area contributed by atoms with Crippen LogP contribution in [0.3, 0.4) is 0 Å². The lowest BCUT2D eigenvalue weighted by atomic mass is 10.2. The molecule has 1 heterocycles. The second-order valence-corrected chi connectivity index (χ2v) is 7.82. The number of ether oxygens (including phenoxy) is 1. The molecular formula is C22H30ClN3O. The molecule has 1 N–H and O–H groups in total. The van der Waals surface area contributed by atoms with Crippen LogP contribution < -0.4 is 10.1 Å². The number of halogens is 1. The second-order valence-electron chi connectivity index (χ2n) is 7.41. The second kappa shape index (κ2) is 10.1. The van der Waals surface area contributed by atoms with Crippen molar-refractivity contribution in [3.63, 3.8) is 0 Å². The van der Waals surface area contributed by atoms with Crippen LogP contribution in [0.5, 0.6) is 5.75 Å². The van der Waals surface area contributed by atoms with Crippen LogP contribution in [0.15, 0.2) is 48.5 Å². The number of piperazine rings is 1. The Morgan fingerprint density at radius 1 is 1.07 bits per heavy atom. The van der Waals surface area contributed by atoms with E-state index in [2.05, 4.69) is 41.2 Å². The van der Waals surface area contributed by atoms with Crippen molar-refractivity contribution in [3.05, 3.63) is 64.7 Å². The van der Waals surface area contributed by atoms with Gasteiger partial charge in [-0.3, -0.25) is 4.90 Å². The lowest BCUT2D eigenvalue weighted by Gasteiger charge is -2.34. The summed E-state index contributed by atoms with van der Waals surface area (Å²) in [5.41, 5.74) is 2.24. The van der Waals surface area contributed by atoms with Gasteiger partial charge in [-0.15, -0.1) is 0 Å². The van der Waals surface area contributed by atoms with Gasteiger partial charge in [-0.05, 0) is 37.7 Å². The number of rotatable bonds is 8. The van der Waals surface area contributed by atoms with Crippen LogP contribution >= 0.6 is 11.6 Å². The topological polar surface area (TPSA) is 27.7 Å². The third-order valence-corrected chi connectivity index (χ3v) is 5.40. The molecule has 0 spiro atoms.